The SMILES string of the molecule is COC(=O)C1CCC(Nc2ccc(C#N)c(C)c2)CC1. The molecule has 0 aliphatic heterocycles. The summed E-state index contributed by atoms with van der Waals surface area (Å²) in [5.41, 5.74) is 2.74. The Balaban J connectivity index is 1.91. The van der Waals surface area contributed by atoms with Crippen molar-refractivity contribution in [3.05, 3.63) is 29.3 Å². The molecule has 0 atom stereocenters. The molecule has 0 bridgehead atoms. The lowest BCUT2D eigenvalue weighted by Gasteiger charge is -2.28. The van der Waals surface area contributed by atoms with Crippen molar-refractivity contribution in [2.24, 2.45) is 5.92 Å². The Bertz CT molecular complexity index is 526. The Hall–Kier alpha value is -2.02. The second kappa shape index (κ2) is 6.42. The van der Waals surface area contributed by atoms with Gasteiger partial charge in [-0.25, -0.2) is 0 Å². The van der Waals surface area contributed by atoms with Crippen LogP contribution in [0.4, 0.5) is 5.69 Å². The average Bonchev–Trinajstić information content (AvgIpc) is 2.47. The van der Waals surface area contributed by atoms with Crippen LogP contribution in [0.1, 0.15) is 36.8 Å². The highest BCUT2D eigenvalue weighted by Gasteiger charge is 2.26. The molecule has 0 radical (unpaired) electrons. The maximum Gasteiger partial charge on any atom is 0.308 e. The van der Waals surface area contributed by atoms with Gasteiger partial charge in [-0.2, -0.15) is 5.26 Å². The van der Waals surface area contributed by atoms with Crippen LogP contribution in [-0.2, 0) is 9.53 Å². The lowest BCUT2D eigenvalue weighted by Crippen LogP contribution is -2.29. The molecule has 1 fully saturated rings. The van der Waals surface area contributed by atoms with E-state index in [9.17, 15) is 4.79 Å². The first kappa shape index (κ1) is 14.4. The summed E-state index contributed by atoms with van der Waals surface area (Å²) in [5.74, 6) is -0.0292. The summed E-state index contributed by atoms with van der Waals surface area (Å²) in [6.07, 6.45) is 3.69. The Labute approximate surface area is 119 Å². The zero-order valence-electron chi connectivity index (χ0n) is 12.0. The van der Waals surface area contributed by atoms with Crippen molar-refractivity contribution in [3.8, 4) is 6.07 Å². The second-order valence-corrected chi connectivity index (χ2v) is 5.36. The zero-order valence-corrected chi connectivity index (χ0v) is 12.0. The highest BCUT2D eigenvalue weighted by Crippen LogP contribution is 2.27. The molecule has 1 N–H and O–H groups in total. The minimum absolute atomic E-state index is 0.0563. The van der Waals surface area contributed by atoms with Crippen LogP contribution in [0, 0.1) is 24.2 Å². The third-order valence-electron chi connectivity index (χ3n) is 3.98. The summed E-state index contributed by atoms with van der Waals surface area (Å²) in [4.78, 5) is 11.5. The van der Waals surface area contributed by atoms with Crippen LogP contribution in [0.3, 0.4) is 0 Å². The van der Waals surface area contributed by atoms with Gasteiger partial charge in [0.05, 0.1) is 24.7 Å². The van der Waals surface area contributed by atoms with Gasteiger partial charge in [-0.3, -0.25) is 4.79 Å². The molecule has 20 heavy (non-hydrogen) atoms. The van der Waals surface area contributed by atoms with Crippen molar-refractivity contribution in [1.82, 2.24) is 0 Å². The van der Waals surface area contributed by atoms with Crippen LogP contribution in [0.5, 0.6) is 0 Å². The van der Waals surface area contributed by atoms with Gasteiger partial charge in [-0.15, -0.1) is 0 Å². The zero-order chi connectivity index (χ0) is 14.5. The number of nitrogens with zero attached hydrogens (tertiary/aromatic N) is 1. The van der Waals surface area contributed by atoms with Crippen molar-refractivity contribution < 1.29 is 9.53 Å². The van der Waals surface area contributed by atoms with E-state index in [0.29, 0.717) is 11.6 Å². The Morgan fingerprint density at radius 1 is 1.35 bits per heavy atom. The summed E-state index contributed by atoms with van der Waals surface area (Å²) in [6.45, 7) is 1.94. The van der Waals surface area contributed by atoms with Crippen LogP contribution in [0.2, 0.25) is 0 Å². The molecule has 1 aliphatic carbocycles. The van der Waals surface area contributed by atoms with E-state index in [4.69, 9.17) is 10.00 Å². The molecule has 4 heteroatoms. The number of rotatable bonds is 3. The number of methoxy groups -OCH3 is 1. The van der Waals surface area contributed by atoms with E-state index in [2.05, 4.69) is 11.4 Å². The van der Waals surface area contributed by atoms with Gasteiger partial charge in [0.25, 0.3) is 0 Å². The quantitative estimate of drug-likeness (QED) is 0.859. The molecule has 1 aromatic rings. The lowest BCUT2D eigenvalue weighted by molar-refractivity contribution is -0.146. The third kappa shape index (κ3) is 3.30. The van der Waals surface area contributed by atoms with E-state index in [-0.39, 0.29) is 11.9 Å². The van der Waals surface area contributed by atoms with Gasteiger partial charge >= 0.3 is 5.97 Å². The molecule has 2 rings (SSSR count). The molecule has 4 nitrogen and oxygen atoms in total. The molecule has 0 spiro atoms. The van der Waals surface area contributed by atoms with Crippen molar-refractivity contribution >= 4 is 11.7 Å². The highest BCUT2D eigenvalue weighted by atomic mass is 16.5. The molecule has 0 heterocycles. The monoisotopic (exact) mass is 272 g/mol. The van der Waals surface area contributed by atoms with Crippen molar-refractivity contribution in [2.75, 3.05) is 12.4 Å². The van der Waals surface area contributed by atoms with E-state index < -0.39 is 0 Å². The van der Waals surface area contributed by atoms with Gasteiger partial charge < -0.3 is 10.1 Å². The Morgan fingerprint density at radius 2 is 2.05 bits per heavy atom. The predicted molar refractivity (Wildman–Crippen MR) is 77.3 cm³/mol. The van der Waals surface area contributed by atoms with Crippen LogP contribution >= 0.6 is 0 Å². The standard InChI is InChI=1S/C16H20N2O2/c1-11-9-15(8-5-13(11)10-17)18-14-6-3-12(4-7-14)16(19)20-2/h5,8-9,12,14,18H,3-4,6-7H2,1-2H3. The molecular formula is C16H20N2O2. The largest absolute Gasteiger partial charge is 0.469 e. The van der Waals surface area contributed by atoms with Crippen LogP contribution < -0.4 is 5.32 Å². The minimum atomic E-state index is -0.0855. The van der Waals surface area contributed by atoms with Gasteiger partial charge in [0.2, 0.25) is 0 Å². The topological polar surface area (TPSA) is 62.1 Å². The first-order chi connectivity index (χ1) is 9.63. The number of hydrogen-bond acceptors (Lipinski definition) is 4. The minimum Gasteiger partial charge on any atom is -0.469 e. The Kier molecular flexibility index (Phi) is 4.62. The molecule has 1 saturated carbocycles. The van der Waals surface area contributed by atoms with E-state index in [0.717, 1.165) is 36.9 Å². The number of esters is 1. The Morgan fingerprint density at radius 3 is 2.60 bits per heavy atom. The fraction of sp³-hybridized carbons (Fsp3) is 0.500. The summed E-state index contributed by atoms with van der Waals surface area (Å²) in [5, 5.41) is 12.4. The molecular weight excluding hydrogens is 252 g/mol. The summed E-state index contributed by atoms with van der Waals surface area (Å²) in [7, 11) is 1.45. The van der Waals surface area contributed by atoms with E-state index in [1.54, 1.807) is 0 Å². The number of nitrogens with one attached hydrogen (secondary N) is 1. The summed E-state index contributed by atoms with van der Waals surface area (Å²) < 4.78 is 4.79. The smallest absolute Gasteiger partial charge is 0.308 e. The van der Waals surface area contributed by atoms with Gasteiger partial charge in [0.15, 0.2) is 0 Å². The predicted octanol–water partition coefficient (Wildman–Crippen LogP) is 3.01. The lowest BCUT2D eigenvalue weighted by atomic mass is 9.86. The van der Waals surface area contributed by atoms with Crippen LogP contribution in [-0.4, -0.2) is 19.1 Å². The first-order valence-corrected chi connectivity index (χ1v) is 6.99. The van der Waals surface area contributed by atoms with E-state index in [1.807, 2.05) is 25.1 Å². The molecule has 1 aromatic carbocycles. The maximum atomic E-state index is 11.5. The van der Waals surface area contributed by atoms with Gasteiger partial charge in [0, 0.05) is 11.7 Å². The molecule has 0 aromatic heterocycles. The van der Waals surface area contributed by atoms with Gasteiger partial charge in [-0.05, 0) is 56.4 Å². The van der Waals surface area contributed by atoms with Crippen molar-refractivity contribution in [1.29, 1.82) is 5.26 Å². The number of nitriles is 1. The van der Waals surface area contributed by atoms with Crippen molar-refractivity contribution in [2.45, 2.75) is 38.6 Å². The number of hydrogen-bond donors (Lipinski definition) is 1. The maximum absolute atomic E-state index is 11.5. The average molecular weight is 272 g/mol. The molecule has 106 valence electrons. The van der Waals surface area contributed by atoms with Crippen molar-refractivity contribution in [3.63, 3.8) is 0 Å². The molecule has 0 saturated heterocycles. The molecule has 0 unspecified atom stereocenters. The number of carbonyl (C=O) groups excluding carboxylic acids is 1. The van der Waals surface area contributed by atoms with Gasteiger partial charge in [0.1, 0.15) is 0 Å². The molecule has 1 aliphatic rings. The van der Waals surface area contributed by atoms with Crippen LogP contribution in [0.25, 0.3) is 0 Å². The van der Waals surface area contributed by atoms with Crippen LogP contribution in [0.15, 0.2) is 18.2 Å². The molecule has 0 amide bonds. The highest BCUT2D eigenvalue weighted by molar-refractivity contribution is 5.72. The number of carbonyl (C=O) groups is 1. The number of aryl methyl sites for hydroxylation is 1. The van der Waals surface area contributed by atoms with E-state index >= 15 is 0 Å². The first-order valence-electron chi connectivity index (χ1n) is 6.99. The fourth-order valence-electron chi connectivity index (χ4n) is 2.75. The number of anilines is 1. The number of benzene rings is 1. The summed E-state index contributed by atoms with van der Waals surface area (Å²) >= 11 is 0. The second-order valence-electron chi connectivity index (χ2n) is 5.36. The normalized spacial score (nSPS) is 21.9. The number of ether oxygens (including phenoxy) is 1. The third-order valence-corrected chi connectivity index (χ3v) is 3.98. The fourth-order valence-corrected chi connectivity index (χ4v) is 2.75. The van der Waals surface area contributed by atoms with E-state index in [1.165, 1.54) is 7.11 Å². The summed E-state index contributed by atoms with van der Waals surface area (Å²) in [6, 6.07) is 8.36. The van der Waals surface area contributed by atoms with Gasteiger partial charge in [-0.1, -0.05) is 0 Å².